The van der Waals surface area contributed by atoms with Crippen molar-refractivity contribution in [2.45, 2.75) is 45.7 Å². The van der Waals surface area contributed by atoms with Crippen LogP contribution in [0.4, 0.5) is 0 Å². The summed E-state index contributed by atoms with van der Waals surface area (Å²) in [5.74, 6) is 0.758. The Morgan fingerprint density at radius 1 is 1.48 bits per heavy atom. The van der Waals surface area contributed by atoms with Gasteiger partial charge in [0.05, 0.1) is 6.04 Å². The molecule has 1 aliphatic carbocycles. The number of hydrogen-bond donors (Lipinski definition) is 1. The molecule has 1 amide bonds. The smallest absolute Gasteiger partial charge is 0.242 e. The molecular formula is C15H19N5O. The third-order valence-electron chi connectivity index (χ3n) is 3.86. The zero-order valence-corrected chi connectivity index (χ0v) is 12.3. The van der Waals surface area contributed by atoms with Gasteiger partial charge in [-0.2, -0.15) is 5.10 Å². The average Bonchev–Trinajstić information content (AvgIpc) is 2.84. The maximum absolute atomic E-state index is 12.2. The maximum atomic E-state index is 12.2. The first-order chi connectivity index (χ1) is 10.1. The lowest BCUT2D eigenvalue weighted by molar-refractivity contribution is -0.122. The van der Waals surface area contributed by atoms with E-state index < -0.39 is 0 Å². The zero-order chi connectivity index (χ0) is 14.8. The Bertz CT molecular complexity index is 664. The fourth-order valence-corrected chi connectivity index (χ4v) is 2.74. The van der Waals surface area contributed by atoms with Gasteiger partial charge in [0.15, 0.2) is 0 Å². The van der Waals surface area contributed by atoms with Crippen molar-refractivity contribution in [1.29, 1.82) is 0 Å². The van der Waals surface area contributed by atoms with Crippen molar-refractivity contribution in [2.24, 2.45) is 0 Å². The molecule has 1 atom stereocenters. The van der Waals surface area contributed by atoms with Gasteiger partial charge in [-0.3, -0.25) is 9.48 Å². The van der Waals surface area contributed by atoms with Crippen LogP contribution in [0.3, 0.4) is 0 Å². The number of nitrogens with zero attached hydrogens (tertiary/aromatic N) is 4. The minimum Gasteiger partial charge on any atom is -0.348 e. The standard InChI is InChI=1S/C15H19N5O/c1-10-6-7-17-20(10)9-15(21)19-14-5-3-4-13-12(14)8-16-11(2)18-13/h6-8,14H,3-5,9H2,1-2H3,(H,19,21)/t14-/m1/s1. The van der Waals surface area contributed by atoms with E-state index in [4.69, 9.17) is 0 Å². The number of fused-ring (bicyclic) bond motifs is 1. The van der Waals surface area contributed by atoms with E-state index >= 15 is 0 Å². The van der Waals surface area contributed by atoms with Crippen LogP contribution in [0.5, 0.6) is 0 Å². The molecule has 2 heterocycles. The van der Waals surface area contributed by atoms with Gasteiger partial charge in [-0.25, -0.2) is 9.97 Å². The molecule has 6 nitrogen and oxygen atoms in total. The number of amides is 1. The average molecular weight is 285 g/mol. The van der Waals surface area contributed by atoms with Crippen LogP contribution in [0.2, 0.25) is 0 Å². The lowest BCUT2D eigenvalue weighted by Gasteiger charge is -2.25. The van der Waals surface area contributed by atoms with Gasteiger partial charge in [-0.1, -0.05) is 0 Å². The van der Waals surface area contributed by atoms with E-state index in [9.17, 15) is 4.79 Å². The minimum atomic E-state index is -0.0276. The Labute approximate surface area is 123 Å². The number of nitrogens with one attached hydrogen (secondary N) is 1. The second-order valence-corrected chi connectivity index (χ2v) is 5.46. The highest BCUT2D eigenvalue weighted by Crippen LogP contribution is 2.27. The second-order valence-electron chi connectivity index (χ2n) is 5.46. The lowest BCUT2D eigenvalue weighted by atomic mass is 9.92. The molecule has 0 aromatic carbocycles. The summed E-state index contributed by atoms with van der Waals surface area (Å²) in [6.07, 6.45) is 6.48. The molecule has 110 valence electrons. The van der Waals surface area contributed by atoms with Gasteiger partial charge in [0.2, 0.25) is 5.91 Å². The molecule has 0 saturated carbocycles. The number of carbonyl (C=O) groups excluding carboxylic acids is 1. The van der Waals surface area contributed by atoms with Crippen LogP contribution in [0.15, 0.2) is 18.5 Å². The molecule has 21 heavy (non-hydrogen) atoms. The Kier molecular flexibility index (Phi) is 3.68. The molecule has 6 heteroatoms. The van der Waals surface area contributed by atoms with Gasteiger partial charge in [0, 0.05) is 29.3 Å². The van der Waals surface area contributed by atoms with Crippen molar-refractivity contribution >= 4 is 5.91 Å². The van der Waals surface area contributed by atoms with Crippen LogP contribution in [0.1, 0.15) is 41.7 Å². The molecule has 0 unspecified atom stereocenters. The number of aryl methyl sites for hydroxylation is 3. The summed E-state index contributed by atoms with van der Waals surface area (Å²) in [6, 6.07) is 1.90. The molecule has 0 fully saturated rings. The molecular weight excluding hydrogens is 266 g/mol. The van der Waals surface area contributed by atoms with Gasteiger partial charge >= 0.3 is 0 Å². The third kappa shape index (κ3) is 2.94. The molecule has 2 aromatic rings. The number of rotatable bonds is 3. The van der Waals surface area contributed by atoms with Crippen molar-refractivity contribution < 1.29 is 4.79 Å². The molecule has 0 aliphatic heterocycles. The van der Waals surface area contributed by atoms with E-state index in [0.29, 0.717) is 0 Å². The van der Waals surface area contributed by atoms with Crippen LogP contribution in [-0.4, -0.2) is 25.7 Å². The van der Waals surface area contributed by atoms with Crippen molar-refractivity contribution in [3.05, 3.63) is 41.2 Å². The first-order valence-corrected chi connectivity index (χ1v) is 7.23. The fraction of sp³-hybridized carbons (Fsp3) is 0.467. The zero-order valence-electron chi connectivity index (χ0n) is 12.3. The van der Waals surface area contributed by atoms with Crippen molar-refractivity contribution in [3.8, 4) is 0 Å². The first kappa shape index (κ1) is 13.7. The summed E-state index contributed by atoms with van der Waals surface area (Å²) in [4.78, 5) is 20.9. The Morgan fingerprint density at radius 3 is 3.10 bits per heavy atom. The quantitative estimate of drug-likeness (QED) is 0.927. The molecule has 1 N–H and O–H groups in total. The third-order valence-corrected chi connectivity index (χ3v) is 3.86. The maximum Gasteiger partial charge on any atom is 0.242 e. The largest absolute Gasteiger partial charge is 0.348 e. The predicted octanol–water partition coefficient (Wildman–Crippen LogP) is 1.48. The molecule has 0 spiro atoms. The highest BCUT2D eigenvalue weighted by Gasteiger charge is 2.23. The molecule has 3 rings (SSSR count). The first-order valence-electron chi connectivity index (χ1n) is 7.23. The summed E-state index contributed by atoms with van der Waals surface area (Å²) in [7, 11) is 0. The van der Waals surface area contributed by atoms with E-state index in [1.807, 2.05) is 26.1 Å². The van der Waals surface area contributed by atoms with Gasteiger partial charge in [-0.05, 0) is 39.2 Å². The van der Waals surface area contributed by atoms with Crippen LogP contribution in [-0.2, 0) is 17.8 Å². The predicted molar refractivity (Wildman–Crippen MR) is 77.6 cm³/mol. The summed E-state index contributed by atoms with van der Waals surface area (Å²) in [6.45, 7) is 4.08. The van der Waals surface area contributed by atoms with E-state index in [1.54, 1.807) is 10.9 Å². The van der Waals surface area contributed by atoms with Gasteiger partial charge in [-0.15, -0.1) is 0 Å². The molecule has 0 bridgehead atoms. The van der Waals surface area contributed by atoms with E-state index in [1.165, 1.54) is 0 Å². The summed E-state index contributed by atoms with van der Waals surface area (Å²) in [5, 5.41) is 7.22. The number of hydrogen-bond acceptors (Lipinski definition) is 4. The Hall–Kier alpha value is -2.24. The van der Waals surface area contributed by atoms with Crippen molar-refractivity contribution in [1.82, 2.24) is 25.1 Å². The van der Waals surface area contributed by atoms with Crippen LogP contribution < -0.4 is 5.32 Å². The number of aromatic nitrogens is 4. The summed E-state index contributed by atoms with van der Waals surface area (Å²) >= 11 is 0. The van der Waals surface area contributed by atoms with Crippen LogP contribution >= 0.6 is 0 Å². The highest BCUT2D eigenvalue weighted by molar-refractivity contribution is 5.76. The molecule has 0 radical (unpaired) electrons. The SMILES string of the molecule is Cc1ncc2c(n1)CCC[C@H]2NC(=O)Cn1nccc1C. The normalized spacial score (nSPS) is 17.3. The summed E-state index contributed by atoms with van der Waals surface area (Å²) in [5.41, 5.74) is 3.10. The fourth-order valence-electron chi connectivity index (χ4n) is 2.74. The number of carbonyl (C=O) groups is 1. The van der Waals surface area contributed by atoms with E-state index in [2.05, 4.69) is 20.4 Å². The monoisotopic (exact) mass is 285 g/mol. The second kappa shape index (κ2) is 5.63. The van der Waals surface area contributed by atoms with Crippen molar-refractivity contribution in [3.63, 3.8) is 0 Å². The summed E-state index contributed by atoms with van der Waals surface area (Å²) < 4.78 is 1.70. The molecule has 2 aromatic heterocycles. The van der Waals surface area contributed by atoms with Gasteiger partial charge in [0.25, 0.3) is 0 Å². The van der Waals surface area contributed by atoms with Crippen molar-refractivity contribution in [2.75, 3.05) is 0 Å². The lowest BCUT2D eigenvalue weighted by Crippen LogP contribution is -2.34. The molecule has 1 aliphatic rings. The van der Waals surface area contributed by atoms with Gasteiger partial charge < -0.3 is 5.32 Å². The van der Waals surface area contributed by atoms with Crippen LogP contribution in [0.25, 0.3) is 0 Å². The topological polar surface area (TPSA) is 72.7 Å². The minimum absolute atomic E-state index is 0.0118. The Morgan fingerprint density at radius 2 is 2.33 bits per heavy atom. The highest BCUT2D eigenvalue weighted by atomic mass is 16.2. The van der Waals surface area contributed by atoms with E-state index in [-0.39, 0.29) is 18.5 Å². The van der Waals surface area contributed by atoms with Gasteiger partial charge in [0.1, 0.15) is 12.4 Å². The van der Waals surface area contributed by atoms with E-state index in [0.717, 1.165) is 42.0 Å². The molecule has 0 saturated heterocycles. The Balaban J connectivity index is 1.71. The van der Waals surface area contributed by atoms with Crippen LogP contribution in [0, 0.1) is 13.8 Å².